The maximum absolute atomic E-state index is 14.3. The van der Waals surface area contributed by atoms with Crippen LogP contribution in [-0.2, 0) is 43.5 Å². The molecule has 3 aliphatic heterocycles. The van der Waals surface area contributed by atoms with E-state index < -0.39 is 35.4 Å². The molecule has 0 spiro atoms. The van der Waals surface area contributed by atoms with Crippen molar-refractivity contribution in [3.05, 3.63) is 127 Å². The van der Waals surface area contributed by atoms with Crippen LogP contribution in [0.2, 0.25) is 0 Å². The van der Waals surface area contributed by atoms with Gasteiger partial charge in [0.1, 0.15) is 12.1 Å². The lowest BCUT2D eigenvalue weighted by atomic mass is 9.85. The molecule has 0 radical (unpaired) electrons. The minimum atomic E-state index is -1.02. The summed E-state index contributed by atoms with van der Waals surface area (Å²) >= 11 is 1.57. The lowest BCUT2D eigenvalue weighted by Gasteiger charge is -2.40. The highest BCUT2D eigenvalue weighted by Crippen LogP contribution is 2.35. The number of H-pyrrole nitrogens is 1. The van der Waals surface area contributed by atoms with Gasteiger partial charge in [-0.1, -0.05) is 69.3 Å². The van der Waals surface area contributed by atoms with Crippen LogP contribution in [0.5, 0.6) is 0 Å². The number of amides is 5. The van der Waals surface area contributed by atoms with E-state index >= 15 is 0 Å². The molecular weight excluding hydrogens is 1010 g/mol. The van der Waals surface area contributed by atoms with Crippen molar-refractivity contribution in [2.75, 3.05) is 57.4 Å². The Hall–Kier alpha value is -6.73. The molecule has 17 nitrogen and oxygen atoms in total. The van der Waals surface area contributed by atoms with Crippen LogP contribution < -0.4 is 26.4 Å². The number of hydrogen-bond donors (Lipinski definition) is 5. The van der Waals surface area contributed by atoms with E-state index in [0.29, 0.717) is 43.6 Å². The van der Waals surface area contributed by atoms with Crippen LogP contribution in [0.1, 0.15) is 109 Å². The van der Waals surface area contributed by atoms with E-state index in [1.165, 1.54) is 10.5 Å². The number of carbonyl (C=O) groups is 5. The minimum Gasteiger partial charge on any atom is -0.391 e. The molecule has 5 amide bonds. The van der Waals surface area contributed by atoms with Gasteiger partial charge in [0.15, 0.2) is 0 Å². The summed E-state index contributed by atoms with van der Waals surface area (Å²) in [6.45, 7) is 21.1. The average molecular weight is 1080 g/mol. The van der Waals surface area contributed by atoms with Gasteiger partial charge in [0.05, 0.1) is 35.4 Å². The molecule has 18 heteroatoms. The van der Waals surface area contributed by atoms with Crippen LogP contribution in [0.4, 0.5) is 5.69 Å². The van der Waals surface area contributed by atoms with Gasteiger partial charge in [0.2, 0.25) is 23.6 Å². The highest BCUT2D eigenvalue weighted by molar-refractivity contribution is 7.13. The Morgan fingerprint density at radius 1 is 0.859 bits per heavy atom. The monoisotopic (exact) mass is 1080 g/mol. The van der Waals surface area contributed by atoms with Gasteiger partial charge in [-0.15, -0.1) is 11.3 Å². The van der Waals surface area contributed by atoms with Crippen molar-refractivity contribution < 1.29 is 33.8 Å². The molecule has 416 valence electrons. The number of pyridine rings is 1. The fraction of sp³-hybridized carbons (Fsp3) is 0.483. The molecule has 0 aliphatic carbocycles. The van der Waals surface area contributed by atoms with Crippen molar-refractivity contribution in [2.45, 2.75) is 131 Å². The van der Waals surface area contributed by atoms with E-state index in [0.717, 1.165) is 88.2 Å². The number of anilines is 1. The summed E-state index contributed by atoms with van der Waals surface area (Å²) in [5.74, 6) is -1.75. The Balaban J connectivity index is 0.889. The van der Waals surface area contributed by atoms with Crippen LogP contribution in [0.15, 0.2) is 77.0 Å². The number of morpholine rings is 1. The number of likely N-dealkylation sites (tertiary alicyclic amines) is 2. The summed E-state index contributed by atoms with van der Waals surface area (Å²) in [4.78, 5) is 98.6. The van der Waals surface area contributed by atoms with Crippen LogP contribution in [0.25, 0.3) is 21.6 Å². The zero-order valence-electron chi connectivity index (χ0n) is 46.5. The fourth-order valence-electron chi connectivity index (χ4n) is 11.0. The van der Waals surface area contributed by atoms with Gasteiger partial charge in [-0.3, -0.25) is 33.7 Å². The third kappa shape index (κ3) is 13.9. The van der Waals surface area contributed by atoms with Crippen LogP contribution in [0.3, 0.4) is 0 Å². The SMILES string of the molecule is CCN(c1cc(-c2ccc(CN3CCOCC3)cc2)cc(C(=O)NCc2c(C)cc(C)[nH]c2=O)c1C)C1CCN(C(=O)CCC(=O)N[C@H](C(=O)N2C[C@H](O)C[C@@H]2C(=O)NCc2ccc(-c3scnc3C)cc2)C(C)(C)C)CC1. The number of aliphatic hydroxyl groups excluding tert-OH is 1. The van der Waals surface area contributed by atoms with Gasteiger partial charge in [0.25, 0.3) is 11.5 Å². The Labute approximate surface area is 462 Å². The lowest BCUT2D eigenvalue weighted by Crippen LogP contribution is -2.57. The van der Waals surface area contributed by atoms with E-state index in [2.05, 4.69) is 73.0 Å². The quantitative estimate of drug-likeness (QED) is 0.0634. The summed E-state index contributed by atoms with van der Waals surface area (Å²) in [5.41, 5.74) is 11.1. The molecule has 5 heterocycles. The molecular formula is C60H77N9O8S. The Kier molecular flexibility index (Phi) is 18.7. The molecule has 2 aromatic heterocycles. The van der Waals surface area contributed by atoms with Gasteiger partial charge in [-0.2, -0.15) is 0 Å². The van der Waals surface area contributed by atoms with Crippen molar-refractivity contribution in [3.63, 3.8) is 0 Å². The number of ether oxygens (including phenoxy) is 1. The number of piperidine rings is 1. The highest BCUT2D eigenvalue weighted by Gasteiger charge is 2.44. The first kappa shape index (κ1) is 57.4. The molecule has 3 saturated heterocycles. The summed E-state index contributed by atoms with van der Waals surface area (Å²) in [7, 11) is 0. The third-order valence-electron chi connectivity index (χ3n) is 15.5. The van der Waals surface area contributed by atoms with Gasteiger partial charge in [-0.05, 0) is 110 Å². The van der Waals surface area contributed by atoms with Gasteiger partial charge >= 0.3 is 0 Å². The van der Waals surface area contributed by atoms with Crippen molar-refractivity contribution in [1.29, 1.82) is 0 Å². The lowest BCUT2D eigenvalue weighted by molar-refractivity contribution is -0.144. The molecule has 3 aliphatic rings. The normalized spacial score (nSPS) is 17.7. The predicted molar refractivity (Wildman–Crippen MR) is 304 cm³/mol. The van der Waals surface area contributed by atoms with E-state index in [1.54, 1.807) is 16.2 Å². The van der Waals surface area contributed by atoms with Crippen molar-refractivity contribution in [3.8, 4) is 21.6 Å². The second-order valence-corrected chi connectivity index (χ2v) is 23.1. The molecule has 8 rings (SSSR count). The Morgan fingerprint density at radius 2 is 1.54 bits per heavy atom. The number of benzene rings is 3. The molecule has 3 fully saturated rings. The number of nitrogens with zero attached hydrogens (tertiary/aromatic N) is 5. The number of β-amino-alcohol motifs (C(OH)–C–C–N with tert-alkyl or cyclic N) is 1. The van der Waals surface area contributed by atoms with E-state index in [9.17, 15) is 33.9 Å². The minimum absolute atomic E-state index is 0.0455. The standard InChI is InChI=1S/C60H77N9O8S/c1-9-68(50-30-45(43-14-12-42(13-15-43)34-66-24-26-77-27-25-66)29-48(39(50)4)56(73)62-33-49-37(2)28-38(3)64-57(49)74)46-20-22-67(23-21-46)53(72)19-18-52(71)65-55(60(6,7)8)59(76)69-35-47(70)31-51(69)58(75)61-32-41-10-16-44(17-11-41)54-40(5)63-36-78-54/h10-17,28-30,36,46-47,51,55,70H,9,18-27,31-35H2,1-8H3,(H,61,75)(H,62,73)(H,64,74)(H,65,71)/t47-,51-,55-/m1/s1. The number of nitrogens with one attached hydrogen (secondary N) is 4. The first-order valence-electron chi connectivity index (χ1n) is 27.4. The average Bonchev–Trinajstić information content (AvgIpc) is 4.09. The van der Waals surface area contributed by atoms with Crippen LogP contribution in [0, 0.1) is 33.1 Å². The smallest absolute Gasteiger partial charge is 0.253 e. The molecule has 0 unspecified atom stereocenters. The van der Waals surface area contributed by atoms with Gasteiger partial charge in [-0.25, -0.2) is 4.98 Å². The summed E-state index contributed by atoms with van der Waals surface area (Å²) in [6, 6.07) is 20.4. The first-order chi connectivity index (χ1) is 37.3. The highest BCUT2D eigenvalue weighted by atomic mass is 32.1. The first-order valence-corrected chi connectivity index (χ1v) is 28.3. The fourth-order valence-corrected chi connectivity index (χ4v) is 11.8. The molecule has 5 aromatic rings. The Morgan fingerprint density at radius 3 is 2.18 bits per heavy atom. The maximum Gasteiger partial charge on any atom is 0.253 e. The van der Waals surface area contributed by atoms with Gasteiger partial charge in [0, 0.05) is 107 Å². The number of rotatable bonds is 18. The number of hydrogen-bond acceptors (Lipinski definition) is 12. The molecule has 3 aromatic carbocycles. The van der Waals surface area contributed by atoms with Crippen molar-refractivity contribution in [2.24, 2.45) is 5.41 Å². The molecule has 0 saturated carbocycles. The van der Waals surface area contributed by atoms with Crippen LogP contribution in [-0.4, -0.2) is 136 Å². The number of carbonyl (C=O) groups excluding carboxylic acids is 5. The number of thiazole rings is 1. The zero-order valence-corrected chi connectivity index (χ0v) is 47.3. The summed E-state index contributed by atoms with van der Waals surface area (Å²) < 4.78 is 5.55. The van der Waals surface area contributed by atoms with Crippen LogP contribution >= 0.6 is 11.3 Å². The molecule has 5 N–H and O–H groups in total. The van der Waals surface area contributed by atoms with E-state index in [-0.39, 0.29) is 68.2 Å². The predicted octanol–water partition coefficient (Wildman–Crippen LogP) is 6.57. The van der Waals surface area contributed by atoms with Crippen molar-refractivity contribution >= 4 is 46.6 Å². The largest absolute Gasteiger partial charge is 0.391 e. The van der Waals surface area contributed by atoms with Crippen molar-refractivity contribution in [1.82, 2.24) is 40.6 Å². The topological polar surface area (TPSA) is 210 Å². The second-order valence-electron chi connectivity index (χ2n) is 22.2. The van der Waals surface area contributed by atoms with E-state index in [1.807, 2.05) is 90.4 Å². The summed E-state index contributed by atoms with van der Waals surface area (Å²) in [6.07, 6.45) is 0.321. The van der Waals surface area contributed by atoms with E-state index in [4.69, 9.17) is 4.74 Å². The molecule has 0 bridgehead atoms. The molecule has 3 atom stereocenters. The summed E-state index contributed by atoms with van der Waals surface area (Å²) in [5, 5.41) is 19.6. The second kappa shape index (κ2) is 25.4. The van der Waals surface area contributed by atoms with Gasteiger partial charge < -0.3 is 45.5 Å². The Bertz CT molecular complexity index is 3010. The number of aromatic nitrogens is 2. The number of aryl methyl sites for hydroxylation is 3. The maximum atomic E-state index is 14.3. The number of aliphatic hydroxyl groups is 1. The zero-order chi connectivity index (χ0) is 55.8. The number of aromatic amines is 1. The third-order valence-corrected chi connectivity index (χ3v) is 16.5. The molecule has 78 heavy (non-hydrogen) atoms.